The molecule has 0 spiro atoms. The summed E-state index contributed by atoms with van der Waals surface area (Å²) in [7, 11) is 0. The van der Waals surface area contributed by atoms with Crippen LogP contribution < -0.4 is 0 Å². The van der Waals surface area contributed by atoms with Crippen molar-refractivity contribution in [2.45, 2.75) is 4.83 Å². The number of hydrogen-bond acceptors (Lipinski definition) is 0. The Hall–Kier alpha value is -0.280. The van der Waals surface area contributed by atoms with E-state index in [0.29, 0.717) is 10.0 Å². The molecule has 0 aliphatic rings. The fourth-order valence-electron chi connectivity index (χ4n) is 1.53. The Morgan fingerprint density at radius 1 is 0.833 bits per heavy atom. The summed E-state index contributed by atoms with van der Waals surface area (Å²) in [5, 5.41) is 1.06. The second-order valence-electron chi connectivity index (χ2n) is 3.71. The topological polar surface area (TPSA) is 0 Å². The minimum absolute atomic E-state index is 0.104. The summed E-state index contributed by atoms with van der Waals surface area (Å²) < 4.78 is 13.4. The highest BCUT2D eigenvalue weighted by atomic mass is 79.9. The van der Waals surface area contributed by atoms with Crippen LogP contribution in [0.4, 0.5) is 4.39 Å². The molecule has 0 bridgehead atoms. The van der Waals surface area contributed by atoms with Crippen molar-refractivity contribution in [3.05, 3.63) is 68.4 Å². The van der Waals surface area contributed by atoms with E-state index in [1.807, 2.05) is 6.07 Å². The van der Waals surface area contributed by atoms with Gasteiger partial charge in [-0.3, -0.25) is 0 Å². The van der Waals surface area contributed by atoms with E-state index < -0.39 is 5.82 Å². The molecule has 2 aromatic carbocycles. The standard InChI is InChI=1S/C13H7BrCl3F/c14-13(7-1-3-9(15)11(17)5-7)8-2-4-10(16)12(18)6-8/h1-6,13H. The van der Waals surface area contributed by atoms with Crippen LogP contribution in [0.1, 0.15) is 16.0 Å². The highest BCUT2D eigenvalue weighted by molar-refractivity contribution is 9.09. The molecule has 2 rings (SSSR count). The third kappa shape index (κ3) is 3.00. The minimum atomic E-state index is -0.446. The third-order valence-corrected chi connectivity index (χ3v) is 4.58. The van der Waals surface area contributed by atoms with Gasteiger partial charge in [0.05, 0.1) is 19.9 Å². The van der Waals surface area contributed by atoms with Gasteiger partial charge in [-0.05, 0) is 35.4 Å². The summed E-state index contributed by atoms with van der Waals surface area (Å²) >= 11 is 21.0. The van der Waals surface area contributed by atoms with Gasteiger partial charge in [0.15, 0.2) is 0 Å². The quantitative estimate of drug-likeness (QED) is 0.548. The SMILES string of the molecule is Fc1cc(C(Br)c2ccc(Cl)c(Cl)c2)ccc1Cl. The molecule has 0 nitrogen and oxygen atoms in total. The smallest absolute Gasteiger partial charge is 0.142 e. The van der Waals surface area contributed by atoms with Crippen molar-refractivity contribution in [3.8, 4) is 0 Å². The van der Waals surface area contributed by atoms with E-state index in [-0.39, 0.29) is 9.85 Å². The number of rotatable bonds is 2. The van der Waals surface area contributed by atoms with Crippen LogP contribution in [0.2, 0.25) is 15.1 Å². The van der Waals surface area contributed by atoms with Gasteiger partial charge < -0.3 is 0 Å². The molecule has 5 heteroatoms. The third-order valence-electron chi connectivity index (χ3n) is 2.47. The molecule has 0 aromatic heterocycles. The van der Waals surface area contributed by atoms with Crippen LogP contribution >= 0.6 is 50.7 Å². The fraction of sp³-hybridized carbons (Fsp3) is 0.0769. The van der Waals surface area contributed by atoms with Gasteiger partial charge in [0.25, 0.3) is 0 Å². The molecular weight excluding hydrogens is 361 g/mol. The Morgan fingerprint density at radius 2 is 1.39 bits per heavy atom. The summed E-state index contributed by atoms with van der Waals surface area (Å²) in [6.45, 7) is 0. The van der Waals surface area contributed by atoms with Crippen LogP contribution in [0.3, 0.4) is 0 Å². The normalized spacial score (nSPS) is 12.5. The number of alkyl halides is 1. The second kappa shape index (κ2) is 5.79. The van der Waals surface area contributed by atoms with Crippen molar-refractivity contribution in [1.29, 1.82) is 0 Å². The van der Waals surface area contributed by atoms with Crippen LogP contribution in [0.15, 0.2) is 36.4 Å². The van der Waals surface area contributed by atoms with Gasteiger partial charge in [0, 0.05) is 0 Å². The monoisotopic (exact) mass is 366 g/mol. The van der Waals surface area contributed by atoms with Crippen molar-refractivity contribution in [1.82, 2.24) is 0 Å². The molecule has 0 fully saturated rings. The number of halogens is 5. The molecule has 2 aromatic rings. The van der Waals surface area contributed by atoms with E-state index >= 15 is 0 Å². The van der Waals surface area contributed by atoms with Gasteiger partial charge in [-0.1, -0.05) is 62.9 Å². The van der Waals surface area contributed by atoms with Crippen LogP contribution in [-0.4, -0.2) is 0 Å². The van der Waals surface area contributed by atoms with Gasteiger partial charge in [0.2, 0.25) is 0 Å². The summed E-state index contributed by atoms with van der Waals surface area (Å²) in [6.07, 6.45) is 0. The summed E-state index contributed by atoms with van der Waals surface area (Å²) in [4.78, 5) is -0.168. The van der Waals surface area contributed by atoms with E-state index in [2.05, 4.69) is 15.9 Å². The lowest BCUT2D eigenvalue weighted by atomic mass is 10.0. The highest BCUT2D eigenvalue weighted by Crippen LogP contribution is 2.35. The Morgan fingerprint density at radius 3 is 1.94 bits per heavy atom. The highest BCUT2D eigenvalue weighted by Gasteiger charge is 2.13. The predicted molar refractivity (Wildman–Crippen MR) is 78.6 cm³/mol. The zero-order valence-corrected chi connectivity index (χ0v) is 12.8. The largest absolute Gasteiger partial charge is 0.205 e. The predicted octanol–water partition coefficient (Wildman–Crippen LogP) is 6.27. The summed E-state index contributed by atoms with van der Waals surface area (Å²) in [6, 6.07) is 9.96. The van der Waals surface area contributed by atoms with E-state index in [9.17, 15) is 4.39 Å². The first-order valence-corrected chi connectivity index (χ1v) is 7.08. The van der Waals surface area contributed by atoms with Crippen LogP contribution in [0, 0.1) is 5.82 Å². The molecule has 18 heavy (non-hydrogen) atoms. The lowest BCUT2D eigenvalue weighted by Gasteiger charge is -2.12. The first kappa shape index (κ1) is 14.1. The zero-order valence-electron chi connectivity index (χ0n) is 8.93. The lowest BCUT2D eigenvalue weighted by Crippen LogP contribution is -1.94. The molecule has 0 radical (unpaired) electrons. The average Bonchev–Trinajstić information content (AvgIpc) is 2.35. The van der Waals surface area contributed by atoms with E-state index in [4.69, 9.17) is 34.8 Å². The molecule has 0 aliphatic heterocycles. The van der Waals surface area contributed by atoms with Crippen molar-refractivity contribution in [2.75, 3.05) is 0 Å². The Kier molecular flexibility index (Phi) is 4.54. The lowest BCUT2D eigenvalue weighted by molar-refractivity contribution is 0.626. The molecule has 0 amide bonds. The second-order valence-corrected chi connectivity index (χ2v) is 5.85. The Bertz CT molecular complexity index is 535. The minimum Gasteiger partial charge on any atom is -0.205 e. The van der Waals surface area contributed by atoms with E-state index in [1.165, 1.54) is 12.1 Å². The van der Waals surface area contributed by atoms with Crippen molar-refractivity contribution >= 4 is 50.7 Å². The van der Waals surface area contributed by atoms with Gasteiger partial charge in [-0.15, -0.1) is 0 Å². The molecule has 0 heterocycles. The summed E-state index contributed by atoms with van der Waals surface area (Å²) in [5.74, 6) is -0.446. The molecule has 0 saturated carbocycles. The maximum absolute atomic E-state index is 13.4. The number of benzene rings is 2. The van der Waals surface area contributed by atoms with Crippen LogP contribution in [0.25, 0.3) is 0 Å². The molecule has 0 N–H and O–H groups in total. The zero-order chi connectivity index (χ0) is 13.3. The maximum Gasteiger partial charge on any atom is 0.142 e. The van der Waals surface area contributed by atoms with Gasteiger partial charge >= 0.3 is 0 Å². The van der Waals surface area contributed by atoms with E-state index in [1.54, 1.807) is 18.2 Å². The first-order chi connectivity index (χ1) is 8.49. The molecule has 94 valence electrons. The number of hydrogen-bond donors (Lipinski definition) is 0. The van der Waals surface area contributed by atoms with Crippen molar-refractivity contribution in [2.24, 2.45) is 0 Å². The Balaban J connectivity index is 2.37. The van der Waals surface area contributed by atoms with Crippen molar-refractivity contribution in [3.63, 3.8) is 0 Å². The van der Waals surface area contributed by atoms with Gasteiger partial charge in [-0.2, -0.15) is 0 Å². The van der Waals surface area contributed by atoms with Gasteiger partial charge in [0.1, 0.15) is 5.82 Å². The molecule has 1 unspecified atom stereocenters. The summed E-state index contributed by atoms with van der Waals surface area (Å²) in [5.41, 5.74) is 1.65. The fourth-order valence-corrected chi connectivity index (χ4v) is 2.53. The average molecular weight is 368 g/mol. The van der Waals surface area contributed by atoms with Gasteiger partial charge in [-0.25, -0.2) is 4.39 Å². The Labute approximate surface area is 128 Å². The molecular formula is C13H7BrCl3F. The maximum atomic E-state index is 13.4. The molecule has 0 saturated heterocycles. The van der Waals surface area contributed by atoms with Crippen molar-refractivity contribution < 1.29 is 4.39 Å². The first-order valence-electron chi connectivity index (χ1n) is 5.03. The molecule has 0 aliphatic carbocycles. The van der Waals surface area contributed by atoms with E-state index in [0.717, 1.165) is 11.1 Å². The van der Waals surface area contributed by atoms with Crippen LogP contribution in [-0.2, 0) is 0 Å². The van der Waals surface area contributed by atoms with Crippen LogP contribution in [0.5, 0.6) is 0 Å². The molecule has 1 atom stereocenters.